The van der Waals surface area contributed by atoms with Crippen molar-refractivity contribution in [1.82, 2.24) is 15.0 Å². The summed E-state index contributed by atoms with van der Waals surface area (Å²) in [7, 11) is 0. The van der Waals surface area contributed by atoms with E-state index in [4.69, 9.17) is 9.47 Å². The summed E-state index contributed by atoms with van der Waals surface area (Å²) in [4.78, 5) is 12.9. The van der Waals surface area contributed by atoms with Crippen molar-refractivity contribution in [2.75, 3.05) is 17.4 Å². The molecule has 4 rings (SSSR count). The maximum absolute atomic E-state index is 5.40. The number of hydrogen-bond acceptors (Lipinski definition) is 7. The quantitative estimate of drug-likeness (QED) is 0.740. The van der Waals surface area contributed by atoms with Gasteiger partial charge in [0, 0.05) is 36.8 Å². The minimum absolute atomic E-state index is 0.258. The summed E-state index contributed by atoms with van der Waals surface area (Å²) >= 11 is 0. The fraction of sp³-hybridized carbons (Fsp3) is 0.167. The molecule has 1 aliphatic rings. The molecule has 7 nitrogen and oxygen atoms in total. The number of aryl methyl sites for hydroxylation is 1. The van der Waals surface area contributed by atoms with Crippen LogP contribution in [0.15, 0.2) is 48.8 Å². The van der Waals surface area contributed by atoms with Crippen molar-refractivity contribution in [1.29, 1.82) is 0 Å². The second kappa shape index (κ2) is 6.64. The van der Waals surface area contributed by atoms with Gasteiger partial charge in [-0.1, -0.05) is 0 Å². The van der Waals surface area contributed by atoms with Crippen molar-refractivity contribution in [2.24, 2.45) is 0 Å². The maximum Gasteiger partial charge on any atom is 0.231 e. The highest BCUT2D eigenvalue weighted by Gasteiger charge is 2.13. The van der Waals surface area contributed by atoms with Gasteiger partial charge in [0.2, 0.25) is 6.79 Å². The number of ether oxygens (including phenoxy) is 2. The average Bonchev–Trinajstić information content (AvgIpc) is 3.08. The van der Waals surface area contributed by atoms with E-state index in [1.807, 2.05) is 43.3 Å². The maximum atomic E-state index is 5.40. The van der Waals surface area contributed by atoms with Gasteiger partial charge in [0.15, 0.2) is 11.5 Å². The van der Waals surface area contributed by atoms with Gasteiger partial charge in [0.25, 0.3) is 0 Å². The Morgan fingerprint density at radius 2 is 1.76 bits per heavy atom. The third-order valence-electron chi connectivity index (χ3n) is 3.71. The molecule has 0 aliphatic carbocycles. The van der Waals surface area contributed by atoms with Gasteiger partial charge in [0.05, 0.1) is 0 Å². The molecule has 0 spiro atoms. The summed E-state index contributed by atoms with van der Waals surface area (Å²) in [5.74, 6) is 3.63. The van der Waals surface area contributed by atoms with E-state index in [0.717, 1.165) is 28.6 Å². The number of benzene rings is 1. The normalized spacial score (nSPS) is 12.0. The number of aromatic nitrogens is 3. The monoisotopic (exact) mass is 335 g/mol. The van der Waals surface area contributed by atoms with E-state index in [-0.39, 0.29) is 6.79 Å². The molecule has 25 heavy (non-hydrogen) atoms. The SMILES string of the molecule is Cc1nc(NCc2ccncc2)cc(Nc2ccc3c(c2)OCO3)n1. The van der Waals surface area contributed by atoms with Gasteiger partial charge < -0.3 is 20.1 Å². The van der Waals surface area contributed by atoms with Crippen LogP contribution in [-0.4, -0.2) is 21.7 Å². The third kappa shape index (κ3) is 3.60. The van der Waals surface area contributed by atoms with Crippen molar-refractivity contribution in [2.45, 2.75) is 13.5 Å². The summed E-state index contributed by atoms with van der Waals surface area (Å²) < 4.78 is 10.7. The molecule has 0 bridgehead atoms. The van der Waals surface area contributed by atoms with Gasteiger partial charge in [0.1, 0.15) is 17.5 Å². The lowest BCUT2D eigenvalue weighted by atomic mass is 10.2. The van der Waals surface area contributed by atoms with Gasteiger partial charge in [-0.25, -0.2) is 9.97 Å². The molecular weight excluding hydrogens is 318 g/mol. The van der Waals surface area contributed by atoms with Crippen molar-refractivity contribution in [3.63, 3.8) is 0 Å². The minimum atomic E-state index is 0.258. The Kier molecular flexibility index (Phi) is 4.04. The second-order valence-electron chi connectivity index (χ2n) is 5.59. The van der Waals surface area contributed by atoms with Crippen LogP contribution >= 0.6 is 0 Å². The first-order valence-corrected chi connectivity index (χ1v) is 7.91. The van der Waals surface area contributed by atoms with Crippen LogP contribution in [0.1, 0.15) is 11.4 Å². The fourth-order valence-electron chi connectivity index (χ4n) is 2.54. The number of anilines is 3. The van der Waals surface area contributed by atoms with E-state index in [0.29, 0.717) is 18.2 Å². The molecule has 3 heterocycles. The molecule has 2 N–H and O–H groups in total. The van der Waals surface area contributed by atoms with E-state index in [1.54, 1.807) is 12.4 Å². The summed E-state index contributed by atoms with van der Waals surface area (Å²) in [5.41, 5.74) is 2.01. The molecular formula is C18H17N5O2. The van der Waals surface area contributed by atoms with Crippen LogP contribution in [0.25, 0.3) is 0 Å². The van der Waals surface area contributed by atoms with Crippen LogP contribution in [0.4, 0.5) is 17.3 Å². The zero-order valence-corrected chi connectivity index (χ0v) is 13.7. The Balaban J connectivity index is 1.49. The van der Waals surface area contributed by atoms with E-state index >= 15 is 0 Å². The molecule has 0 amide bonds. The van der Waals surface area contributed by atoms with Crippen LogP contribution in [0, 0.1) is 6.92 Å². The summed E-state index contributed by atoms with van der Waals surface area (Å²) in [6.07, 6.45) is 3.55. The fourth-order valence-corrected chi connectivity index (χ4v) is 2.54. The van der Waals surface area contributed by atoms with Crippen LogP contribution in [-0.2, 0) is 6.54 Å². The van der Waals surface area contributed by atoms with Crippen LogP contribution in [0.2, 0.25) is 0 Å². The Morgan fingerprint density at radius 3 is 2.64 bits per heavy atom. The number of pyridine rings is 1. The molecule has 1 aromatic carbocycles. The van der Waals surface area contributed by atoms with Gasteiger partial charge in [-0.2, -0.15) is 0 Å². The van der Waals surface area contributed by atoms with E-state index in [9.17, 15) is 0 Å². The molecule has 7 heteroatoms. The minimum Gasteiger partial charge on any atom is -0.454 e. The largest absolute Gasteiger partial charge is 0.454 e. The number of nitrogens with zero attached hydrogens (tertiary/aromatic N) is 3. The predicted octanol–water partition coefficient (Wildman–Crippen LogP) is 3.26. The first kappa shape index (κ1) is 15.2. The number of hydrogen-bond donors (Lipinski definition) is 2. The zero-order valence-electron chi connectivity index (χ0n) is 13.7. The van der Waals surface area contributed by atoms with Gasteiger partial charge in [-0.3, -0.25) is 4.98 Å². The summed E-state index contributed by atoms with van der Waals surface area (Å²) in [6, 6.07) is 11.5. The summed E-state index contributed by atoms with van der Waals surface area (Å²) in [6.45, 7) is 2.79. The van der Waals surface area contributed by atoms with Gasteiger partial charge >= 0.3 is 0 Å². The van der Waals surface area contributed by atoms with E-state index in [2.05, 4.69) is 25.6 Å². The van der Waals surface area contributed by atoms with Crippen LogP contribution in [0.3, 0.4) is 0 Å². The first-order valence-electron chi connectivity index (χ1n) is 7.91. The van der Waals surface area contributed by atoms with Crippen LogP contribution < -0.4 is 20.1 Å². The Hall–Kier alpha value is -3.35. The lowest BCUT2D eigenvalue weighted by Gasteiger charge is -2.10. The molecule has 126 valence electrons. The predicted molar refractivity (Wildman–Crippen MR) is 94.2 cm³/mol. The van der Waals surface area contributed by atoms with E-state index < -0.39 is 0 Å². The topological polar surface area (TPSA) is 81.2 Å². The second-order valence-corrected chi connectivity index (χ2v) is 5.59. The highest BCUT2D eigenvalue weighted by molar-refractivity contribution is 5.63. The average molecular weight is 335 g/mol. The Labute approximate surface area is 145 Å². The highest BCUT2D eigenvalue weighted by atomic mass is 16.7. The number of rotatable bonds is 5. The molecule has 0 saturated heterocycles. The molecule has 3 aromatic rings. The number of fused-ring (bicyclic) bond motifs is 1. The lowest BCUT2D eigenvalue weighted by Crippen LogP contribution is -2.05. The smallest absolute Gasteiger partial charge is 0.231 e. The molecule has 0 unspecified atom stereocenters. The third-order valence-corrected chi connectivity index (χ3v) is 3.71. The molecule has 0 fully saturated rings. The molecule has 2 aromatic heterocycles. The summed E-state index contributed by atoms with van der Waals surface area (Å²) in [5, 5.41) is 6.58. The first-order chi connectivity index (χ1) is 12.3. The molecule has 0 radical (unpaired) electrons. The van der Waals surface area contributed by atoms with Crippen molar-refractivity contribution < 1.29 is 9.47 Å². The van der Waals surface area contributed by atoms with Gasteiger partial charge in [-0.05, 0) is 36.8 Å². The zero-order chi connectivity index (χ0) is 17.1. The highest BCUT2D eigenvalue weighted by Crippen LogP contribution is 2.35. The van der Waals surface area contributed by atoms with Gasteiger partial charge in [-0.15, -0.1) is 0 Å². The molecule has 0 saturated carbocycles. The van der Waals surface area contributed by atoms with Crippen LogP contribution in [0.5, 0.6) is 11.5 Å². The Morgan fingerprint density at radius 1 is 0.960 bits per heavy atom. The van der Waals surface area contributed by atoms with Crippen molar-refractivity contribution >= 4 is 17.3 Å². The number of nitrogens with one attached hydrogen (secondary N) is 2. The standard InChI is InChI=1S/C18H17N5O2/c1-12-21-17(20-10-13-4-6-19-7-5-13)9-18(22-12)23-14-2-3-15-16(8-14)25-11-24-15/h2-9H,10-11H2,1H3,(H2,20,21,22,23). The van der Waals surface area contributed by atoms with Crippen molar-refractivity contribution in [3.05, 3.63) is 60.2 Å². The molecule has 1 aliphatic heterocycles. The Bertz CT molecular complexity index is 886. The van der Waals surface area contributed by atoms with E-state index in [1.165, 1.54) is 0 Å². The molecule has 0 atom stereocenters. The van der Waals surface area contributed by atoms with Crippen molar-refractivity contribution in [3.8, 4) is 11.5 Å². The lowest BCUT2D eigenvalue weighted by molar-refractivity contribution is 0.174.